The summed E-state index contributed by atoms with van der Waals surface area (Å²) in [6, 6.07) is 7.63. The lowest BCUT2D eigenvalue weighted by molar-refractivity contribution is 0.246. The van der Waals surface area contributed by atoms with Gasteiger partial charge in [-0.25, -0.2) is 4.79 Å². The van der Waals surface area contributed by atoms with Crippen molar-refractivity contribution in [2.75, 3.05) is 18.0 Å². The van der Waals surface area contributed by atoms with Crippen LogP contribution in [0.2, 0.25) is 0 Å². The number of hydrogen-bond acceptors (Lipinski definition) is 7. The predicted octanol–water partition coefficient (Wildman–Crippen LogP) is 4.82. The molecule has 2 aliphatic rings. The molecule has 9 nitrogen and oxygen atoms in total. The molecular weight excluding hydrogens is 420 g/mol. The van der Waals surface area contributed by atoms with Crippen LogP contribution >= 0.6 is 0 Å². The number of hydrogen-bond donors (Lipinski definition) is 1. The number of nitrogens with one attached hydrogen (secondary N) is 1. The van der Waals surface area contributed by atoms with Gasteiger partial charge >= 0.3 is 6.03 Å². The predicted molar refractivity (Wildman–Crippen MR) is 122 cm³/mol. The Balaban J connectivity index is 1.19. The van der Waals surface area contributed by atoms with Crippen LogP contribution in [0.4, 0.5) is 10.5 Å². The van der Waals surface area contributed by atoms with E-state index in [1.54, 1.807) is 4.90 Å². The van der Waals surface area contributed by atoms with E-state index in [2.05, 4.69) is 25.6 Å². The Morgan fingerprint density at radius 2 is 1.79 bits per heavy atom. The summed E-state index contributed by atoms with van der Waals surface area (Å²) in [5.74, 6) is 3.80. The lowest BCUT2D eigenvalue weighted by Gasteiger charge is -2.23. The van der Waals surface area contributed by atoms with E-state index in [0.29, 0.717) is 30.8 Å². The highest BCUT2D eigenvalue weighted by Crippen LogP contribution is 2.39. The van der Waals surface area contributed by atoms with Gasteiger partial charge in [-0.2, -0.15) is 9.97 Å². The van der Waals surface area contributed by atoms with Crippen LogP contribution in [-0.4, -0.2) is 39.4 Å². The molecule has 0 unspecified atom stereocenters. The molecule has 0 radical (unpaired) electrons. The molecule has 0 saturated heterocycles. The number of aryl methyl sites for hydroxylation is 1. The highest BCUT2D eigenvalue weighted by molar-refractivity contribution is 5.92. The van der Waals surface area contributed by atoms with Gasteiger partial charge in [0.1, 0.15) is 0 Å². The van der Waals surface area contributed by atoms with Crippen molar-refractivity contribution in [1.82, 2.24) is 25.6 Å². The summed E-state index contributed by atoms with van der Waals surface area (Å²) in [6.45, 7) is 3.11. The fourth-order valence-electron chi connectivity index (χ4n) is 3.86. The Morgan fingerprint density at radius 3 is 2.55 bits per heavy atom. The average molecular weight is 451 g/mol. The molecule has 5 rings (SSSR count). The van der Waals surface area contributed by atoms with E-state index in [-0.39, 0.29) is 6.03 Å². The minimum atomic E-state index is -0.107. The number of rotatable bonds is 11. The minimum absolute atomic E-state index is 0.107. The molecule has 2 heterocycles. The molecule has 0 spiro atoms. The van der Waals surface area contributed by atoms with Crippen molar-refractivity contribution >= 4 is 11.7 Å². The minimum Gasteiger partial charge on any atom is -0.339 e. The number of carbonyl (C=O) groups is 1. The number of aromatic nitrogens is 4. The Morgan fingerprint density at radius 1 is 1.03 bits per heavy atom. The van der Waals surface area contributed by atoms with E-state index in [9.17, 15) is 4.79 Å². The highest BCUT2D eigenvalue weighted by Gasteiger charge is 2.29. The van der Waals surface area contributed by atoms with Crippen LogP contribution in [0.25, 0.3) is 11.5 Å². The van der Waals surface area contributed by atoms with Crippen LogP contribution in [0.15, 0.2) is 33.3 Å². The SMILES string of the molecule is CCNC(=O)N(CCCCCc1nc(C2CC2)no1)c1cccc(-c2nc(C3CC3)no2)c1. The van der Waals surface area contributed by atoms with Gasteiger partial charge in [-0.15, -0.1) is 0 Å². The number of unbranched alkanes of at least 4 members (excludes halogenated alkanes) is 2. The van der Waals surface area contributed by atoms with E-state index < -0.39 is 0 Å². The van der Waals surface area contributed by atoms with E-state index in [0.717, 1.165) is 67.3 Å². The lowest BCUT2D eigenvalue weighted by atomic mass is 10.1. The molecule has 9 heteroatoms. The first-order valence-corrected chi connectivity index (χ1v) is 12.0. The van der Waals surface area contributed by atoms with Crippen molar-refractivity contribution in [2.24, 2.45) is 0 Å². The highest BCUT2D eigenvalue weighted by atomic mass is 16.5. The van der Waals surface area contributed by atoms with Crippen LogP contribution in [-0.2, 0) is 6.42 Å². The summed E-state index contributed by atoms with van der Waals surface area (Å²) in [6.07, 6.45) is 8.14. The third kappa shape index (κ3) is 5.40. The van der Waals surface area contributed by atoms with Crippen molar-refractivity contribution in [3.8, 4) is 11.5 Å². The van der Waals surface area contributed by atoms with Crippen LogP contribution < -0.4 is 10.2 Å². The second-order valence-corrected chi connectivity index (χ2v) is 8.90. The molecule has 0 aliphatic heterocycles. The molecule has 2 saturated carbocycles. The zero-order valence-corrected chi connectivity index (χ0v) is 19.0. The van der Waals surface area contributed by atoms with Crippen LogP contribution in [0, 0.1) is 0 Å². The number of carbonyl (C=O) groups excluding carboxylic acids is 1. The first-order valence-electron chi connectivity index (χ1n) is 12.0. The number of nitrogens with zero attached hydrogens (tertiary/aromatic N) is 5. The van der Waals surface area contributed by atoms with Crippen molar-refractivity contribution in [3.05, 3.63) is 41.8 Å². The fraction of sp³-hybridized carbons (Fsp3) is 0.542. The second kappa shape index (κ2) is 9.72. The first-order chi connectivity index (χ1) is 16.2. The van der Waals surface area contributed by atoms with E-state index in [4.69, 9.17) is 9.05 Å². The van der Waals surface area contributed by atoms with Crippen LogP contribution in [0.5, 0.6) is 0 Å². The standard InChI is InChI=1S/C24H30N6O3/c1-2-25-24(31)30(14-5-3-4-9-20-26-21(28-32-20)16-10-11-16)19-8-6-7-18(15-19)23-27-22(29-33-23)17-12-13-17/h6-8,15-17H,2-5,9-14H2,1H3,(H,25,31). The van der Waals surface area contributed by atoms with Gasteiger partial charge in [-0.05, 0) is 63.6 Å². The maximum absolute atomic E-state index is 12.8. The quantitative estimate of drug-likeness (QED) is 0.417. The third-order valence-electron chi connectivity index (χ3n) is 6.06. The Bertz CT molecular complexity index is 1090. The molecule has 174 valence electrons. The third-order valence-corrected chi connectivity index (χ3v) is 6.06. The van der Waals surface area contributed by atoms with Crippen molar-refractivity contribution < 1.29 is 13.8 Å². The van der Waals surface area contributed by atoms with Gasteiger partial charge in [0.25, 0.3) is 5.89 Å². The van der Waals surface area contributed by atoms with Crippen molar-refractivity contribution in [1.29, 1.82) is 0 Å². The zero-order chi connectivity index (χ0) is 22.6. The van der Waals surface area contributed by atoms with Gasteiger partial charge < -0.3 is 14.4 Å². The zero-order valence-electron chi connectivity index (χ0n) is 19.0. The van der Waals surface area contributed by atoms with Crippen LogP contribution in [0.3, 0.4) is 0 Å². The van der Waals surface area contributed by atoms with E-state index in [1.165, 1.54) is 12.8 Å². The Hall–Kier alpha value is -3.23. The molecule has 1 aromatic carbocycles. The molecule has 2 aliphatic carbocycles. The van der Waals surface area contributed by atoms with Gasteiger partial charge in [-0.1, -0.05) is 22.8 Å². The van der Waals surface area contributed by atoms with E-state index in [1.807, 2.05) is 31.2 Å². The van der Waals surface area contributed by atoms with Crippen molar-refractivity contribution in [3.63, 3.8) is 0 Å². The van der Waals surface area contributed by atoms with Crippen molar-refractivity contribution in [2.45, 2.75) is 70.1 Å². The number of anilines is 1. The normalized spacial score (nSPS) is 15.5. The van der Waals surface area contributed by atoms with Gasteiger partial charge in [0.15, 0.2) is 11.6 Å². The maximum Gasteiger partial charge on any atom is 0.321 e. The first kappa shape index (κ1) is 21.6. The summed E-state index contributed by atoms with van der Waals surface area (Å²) in [5.41, 5.74) is 1.64. The maximum atomic E-state index is 12.8. The molecule has 2 amide bonds. The van der Waals surface area contributed by atoms with Gasteiger partial charge in [-0.3, -0.25) is 4.90 Å². The summed E-state index contributed by atoms with van der Waals surface area (Å²) < 4.78 is 10.8. The number of urea groups is 1. The summed E-state index contributed by atoms with van der Waals surface area (Å²) >= 11 is 0. The number of amides is 2. The number of benzene rings is 1. The van der Waals surface area contributed by atoms with Gasteiger partial charge in [0.05, 0.1) is 0 Å². The fourth-order valence-corrected chi connectivity index (χ4v) is 3.86. The Labute approximate surface area is 192 Å². The van der Waals surface area contributed by atoms with E-state index >= 15 is 0 Å². The molecule has 0 bridgehead atoms. The molecule has 0 atom stereocenters. The van der Waals surface area contributed by atoms with Gasteiger partial charge in [0.2, 0.25) is 5.89 Å². The summed E-state index contributed by atoms with van der Waals surface area (Å²) in [4.78, 5) is 23.6. The van der Waals surface area contributed by atoms with Gasteiger partial charge in [0, 0.05) is 42.6 Å². The second-order valence-electron chi connectivity index (χ2n) is 8.90. The monoisotopic (exact) mass is 450 g/mol. The largest absolute Gasteiger partial charge is 0.339 e. The molecule has 1 N–H and O–H groups in total. The lowest BCUT2D eigenvalue weighted by Crippen LogP contribution is -2.40. The molecule has 33 heavy (non-hydrogen) atoms. The molecule has 3 aromatic rings. The summed E-state index contributed by atoms with van der Waals surface area (Å²) in [7, 11) is 0. The average Bonchev–Trinajstić information content (AvgIpc) is 3.76. The Kier molecular flexibility index (Phi) is 6.37. The molecule has 2 fully saturated rings. The molecular formula is C24H30N6O3. The smallest absolute Gasteiger partial charge is 0.321 e. The summed E-state index contributed by atoms with van der Waals surface area (Å²) in [5, 5.41) is 11.1. The van der Waals surface area contributed by atoms with Crippen LogP contribution in [0.1, 0.15) is 81.2 Å². The molecule has 2 aromatic heterocycles. The topological polar surface area (TPSA) is 110 Å².